The topological polar surface area (TPSA) is 96.2 Å². The zero-order valence-corrected chi connectivity index (χ0v) is 12.1. The Labute approximate surface area is 126 Å². The van der Waals surface area contributed by atoms with Crippen molar-refractivity contribution in [2.45, 2.75) is 6.54 Å². The van der Waals surface area contributed by atoms with E-state index >= 15 is 0 Å². The first-order valence-corrected chi connectivity index (χ1v) is 6.50. The number of nitrogens with one attached hydrogen (secondary N) is 2. The molecule has 1 heterocycles. The molecule has 0 unspecified atom stereocenters. The standard InChI is InChI=1S/C12H10BrFN4O3/c13-7-1-2-10(9(14)3-7)17-12(21)16-8-4-15-18(5-8)6-11(19)20/h1-5H,6H2,(H,19,20)(H2,16,17,21). The third-order valence-electron chi connectivity index (χ3n) is 2.37. The highest BCUT2D eigenvalue weighted by molar-refractivity contribution is 9.10. The van der Waals surface area contributed by atoms with E-state index in [1.165, 1.54) is 24.5 Å². The summed E-state index contributed by atoms with van der Waals surface area (Å²) in [4.78, 5) is 22.2. The molecule has 21 heavy (non-hydrogen) atoms. The van der Waals surface area contributed by atoms with E-state index in [2.05, 4.69) is 31.7 Å². The van der Waals surface area contributed by atoms with Gasteiger partial charge in [-0.25, -0.2) is 9.18 Å². The van der Waals surface area contributed by atoms with Crippen molar-refractivity contribution < 1.29 is 19.1 Å². The summed E-state index contributed by atoms with van der Waals surface area (Å²) in [6, 6.07) is 3.56. The van der Waals surface area contributed by atoms with Crippen molar-refractivity contribution in [1.82, 2.24) is 9.78 Å². The maximum atomic E-state index is 13.5. The number of amides is 2. The number of aromatic nitrogens is 2. The number of nitrogens with zero attached hydrogens (tertiary/aromatic N) is 2. The Morgan fingerprint density at radius 3 is 2.81 bits per heavy atom. The number of carbonyl (C=O) groups excluding carboxylic acids is 1. The summed E-state index contributed by atoms with van der Waals surface area (Å²) in [7, 11) is 0. The van der Waals surface area contributed by atoms with Gasteiger partial charge in [0.1, 0.15) is 12.4 Å². The lowest BCUT2D eigenvalue weighted by Crippen LogP contribution is -2.19. The molecule has 0 aliphatic rings. The molecule has 0 aliphatic heterocycles. The van der Waals surface area contributed by atoms with Crippen LogP contribution < -0.4 is 10.6 Å². The Kier molecular flexibility index (Phi) is 4.53. The van der Waals surface area contributed by atoms with Gasteiger partial charge in [-0.05, 0) is 18.2 Å². The lowest BCUT2D eigenvalue weighted by atomic mass is 10.3. The van der Waals surface area contributed by atoms with E-state index in [0.717, 1.165) is 4.68 Å². The molecule has 0 aliphatic carbocycles. The minimum absolute atomic E-state index is 0.0219. The average molecular weight is 357 g/mol. The van der Waals surface area contributed by atoms with E-state index in [1.807, 2.05) is 0 Å². The Morgan fingerprint density at radius 2 is 2.14 bits per heavy atom. The van der Waals surface area contributed by atoms with Gasteiger partial charge in [0, 0.05) is 10.7 Å². The zero-order chi connectivity index (χ0) is 15.4. The number of carbonyl (C=O) groups is 2. The molecular formula is C12H10BrFN4O3. The summed E-state index contributed by atoms with van der Waals surface area (Å²) < 4.78 is 15.3. The van der Waals surface area contributed by atoms with Crippen molar-refractivity contribution >= 4 is 39.3 Å². The van der Waals surface area contributed by atoms with E-state index in [-0.39, 0.29) is 12.2 Å². The number of aliphatic carboxylic acids is 1. The molecule has 2 aromatic rings. The van der Waals surface area contributed by atoms with Crippen molar-refractivity contribution in [2.75, 3.05) is 10.6 Å². The van der Waals surface area contributed by atoms with Crippen LogP contribution in [0.4, 0.5) is 20.6 Å². The maximum absolute atomic E-state index is 13.5. The van der Waals surface area contributed by atoms with Crippen LogP contribution in [0.5, 0.6) is 0 Å². The Bertz CT molecular complexity index is 689. The minimum Gasteiger partial charge on any atom is -0.480 e. The number of urea groups is 1. The van der Waals surface area contributed by atoms with Crippen LogP contribution in [-0.4, -0.2) is 26.9 Å². The molecular weight excluding hydrogens is 347 g/mol. The van der Waals surface area contributed by atoms with Gasteiger partial charge in [0.05, 0.1) is 17.6 Å². The number of carboxylic acid groups (broad SMARTS) is 1. The summed E-state index contributed by atoms with van der Waals surface area (Å²) in [6.07, 6.45) is 2.64. The molecule has 0 saturated carbocycles. The van der Waals surface area contributed by atoms with Gasteiger partial charge in [-0.3, -0.25) is 9.48 Å². The zero-order valence-electron chi connectivity index (χ0n) is 10.5. The maximum Gasteiger partial charge on any atom is 0.325 e. The predicted molar refractivity (Wildman–Crippen MR) is 76.6 cm³/mol. The van der Waals surface area contributed by atoms with E-state index < -0.39 is 17.8 Å². The fourth-order valence-electron chi connectivity index (χ4n) is 1.53. The Morgan fingerprint density at radius 1 is 1.38 bits per heavy atom. The van der Waals surface area contributed by atoms with Crippen LogP contribution >= 0.6 is 15.9 Å². The molecule has 0 spiro atoms. The second kappa shape index (κ2) is 6.35. The summed E-state index contributed by atoms with van der Waals surface area (Å²) in [5.74, 6) is -1.63. The van der Waals surface area contributed by atoms with Crippen molar-refractivity contribution in [1.29, 1.82) is 0 Å². The third kappa shape index (κ3) is 4.28. The van der Waals surface area contributed by atoms with Gasteiger partial charge in [0.15, 0.2) is 0 Å². The van der Waals surface area contributed by atoms with Crippen molar-refractivity contribution in [3.8, 4) is 0 Å². The second-order valence-corrected chi connectivity index (χ2v) is 4.94. The molecule has 2 rings (SSSR count). The number of hydrogen-bond donors (Lipinski definition) is 3. The Balaban J connectivity index is 1.98. The fourth-order valence-corrected chi connectivity index (χ4v) is 1.86. The number of benzene rings is 1. The predicted octanol–water partition coefficient (Wildman–Crippen LogP) is 2.51. The molecule has 7 nitrogen and oxygen atoms in total. The molecule has 3 N–H and O–H groups in total. The van der Waals surface area contributed by atoms with E-state index in [0.29, 0.717) is 10.2 Å². The van der Waals surface area contributed by atoms with Gasteiger partial charge in [0.25, 0.3) is 0 Å². The van der Waals surface area contributed by atoms with Crippen LogP contribution in [0.25, 0.3) is 0 Å². The SMILES string of the molecule is O=C(O)Cn1cc(NC(=O)Nc2ccc(Br)cc2F)cn1. The summed E-state index contributed by atoms with van der Waals surface area (Å²) in [5.41, 5.74) is 0.319. The Hall–Kier alpha value is -2.42. The molecule has 0 saturated heterocycles. The molecule has 0 radical (unpaired) electrons. The van der Waals surface area contributed by atoms with E-state index in [4.69, 9.17) is 5.11 Å². The number of carboxylic acids is 1. The summed E-state index contributed by atoms with van der Waals surface area (Å²) in [6.45, 7) is -0.315. The number of halogens is 2. The van der Waals surface area contributed by atoms with Crippen molar-refractivity contribution in [3.05, 3.63) is 40.9 Å². The molecule has 0 fully saturated rings. The summed E-state index contributed by atoms with van der Waals surface area (Å²) >= 11 is 3.11. The van der Waals surface area contributed by atoms with Crippen molar-refractivity contribution in [3.63, 3.8) is 0 Å². The normalized spacial score (nSPS) is 10.2. The van der Waals surface area contributed by atoms with Gasteiger partial charge in [0.2, 0.25) is 0 Å². The highest BCUT2D eigenvalue weighted by Crippen LogP contribution is 2.19. The highest BCUT2D eigenvalue weighted by atomic mass is 79.9. The average Bonchev–Trinajstić information content (AvgIpc) is 2.79. The van der Waals surface area contributed by atoms with Gasteiger partial charge in [-0.15, -0.1) is 0 Å². The first-order chi connectivity index (χ1) is 9.94. The lowest BCUT2D eigenvalue weighted by molar-refractivity contribution is -0.137. The lowest BCUT2D eigenvalue weighted by Gasteiger charge is -2.07. The van der Waals surface area contributed by atoms with Crippen molar-refractivity contribution in [2.24, 2.45) is 0 Å². The van der Waals surface area contributed by atoms with E-state index in [9.17, 15) is 14.0 Å². The fraction of sp³-hybridized carbons (Fsp3) is 0.0833. The van der Waals surface area contributed by atoms with Gasteiger partial charge < -0.3 is 15.7 Å². The van der Waals surface area contributed by atoms with Crippen LogP contribution in [-0.2, 0) is 11.3 Å². The van der Waals surface area contributed by atoms with Gasteiger partial charge in [-0.1, -0.05) is 15.9 Å². The van der Waals surface area contributed by atoms with Crippen LogP contribution in [0.3, 0.4) is 0 Å². The van der Waals surface area contributed by atoms with Crippen LogP contribution in [0, 0.1) is 5.82 Å². The minimum atomic E-state index is -1.05. The van der Waals surface area contributed by atoms with Crippen LogP contribution in [0.1, 0.15) is 0 Å². The molecule has 1 aromatic carbocycles. The molecule has 0 bridgehead atoms. The van der Waals surface area contributed by atoms with Crippen LogP contribution in [0.2, 0.25) is 0 Å². The number of rotatable bonds is 4. The quantitative estimate of drug-likeness (QED) is 0.784. The first kappa shape index (κ1) is 15.0. The summed E-state index contributed by atoms with van der Waals surface area (Å²) in [5, 5.41) is 17.1. The highest BCUT2D eigenvalue weighted by Gasteiger charge is 2.09. The number of anilines is 2. The molecule has 0 atom stereocenters. The largest absolute Gasteiger partial charge is 0.480 e. The van der Waals surface area contributed by atoms with Gasteiger partial charge >= 0.3 is 12.0 Å². The smallest absolute Gasteiger partial charge is 0.325 e. The monoisotopic (exact) mass is 356 g/mol. The second-order valence-electron chi connectivity index (χ2n) is 4.02. The molecule has 9 heteroatoms. The van der Waals surface area contributed by atoms with Gasteiger partial charge in [-0.2, -0.15) is 5.10 Å². The van der Waals surface area contributed by atoms with E-state index in [1.54, 1.807) is 6.07 Å². The molecule has 110 valence electrons. The number of hydrogen-bond acceptors (Lipinski definition) is 3. The molecule has 2 amide bonds. The van der Waals surface area contributed by atoms with Crippen LogP contribution in [0.15, 0.2) is 35.1 Å². The third-order valence-corrected chi connectivity index (χ3v) is 2.86. The first-order valence-electron chi connectivity index (χ1n) is 5.71. The molecule has 1 aromatic heterocycles.